The molecule has 1 aliphatic heterocycles. The lowest BCUT2D eigenvalue weighted by atomic mass is 10.2. The highest BCUT2D eigenvalue weighted by atomic mass is 16.5. The van der Waals surface area contributed by atoms with Crippen molar-refractivity contribution in [1.29, 1.82) is 0 Å². The van der Waals surface area contributed by atoms with Gasteiger partial charge in [-0.05, 0) is 29.8 Å². The molecule has 0 saturated carbocycles. The number of likely N-dealkylation sites (N-methyl/N-ethyl adjacent to an activating group) is 1. The van der Waals surface area contributed by atoms with Crippen molar-refractivity contribution >= 4 is 29.2 Å². The Morgan fingerprint density at radius 3 is 2.48 bits per heavy atom. The summed E-state index contributed by atoms with van der Waals surface area (Å²) >= 11 is 0. The van der Waals surface area contributed by atoms with Crippen LogP contribution in [0.2, 0.25) is 0 Å². The summed E-state index contributed by atoms with van der Waals surface area (Å²) in [5.74, 6) is -0.444. The van der Waals surface area contributed by atoms with E-state index in [9.17, 15) is 14.4 Å². The van der Waals surface area contributed by atoms with Gasteiger partial charge in [-0.1, -0.05) is 24.3 Å². The zero-order valence-electron chi connectivity index (χ0n) is 18.0. The molecule has 0 spiro atoms. The van der Waals surface area contributed by atoms with Gasteiger partial charge in [0.1, 0.15) is 5.75 Å². The number of carbonyl (C=O) groups is 3. The van der Waals surface area contributed by atoms with Gasteiger partial charge in [-0.3, -0.25) is 14.4 Å². The number of ether oxygens (including phenoxy) is 2. The molecule has 0 aliphatic carbocycles. The number of para-hydroxylation sites is 2. The summed E-state index contributed by atoms with van der Waals surface area (Å²) < 4.78 is 10.5. The number of nitrogens with zero attached hydrogens (tertiary/aromatic N) is 3. The van der Waals surface area contributed by atoms with Crippen LogP contribution in [0.3, 0.4) is 0 Å². The minimum Gasteiger partial charge on any atom is -0.482 e. The minimum atomic E-state index is -0.533. The summed E-state index contributed by atoms with van der Waals surface area (Å²) in [5, 5.41) is 0. The molecule has 0 N–H and O–H groups in total. The summed E-state index contributed by atoms with van der Waals surface area (Å²) in [4.78, 5) is 41.6. The van der Waals surface area contributed by atoms with Gasteiger partial charge >= 0.3 is 5.97 Å². The maximum atomic E-state index is 12.3. The average molecular weight is 425 g/mol. The molecule has 0 unspecified atom stereocenters. The van der Waals surface area contributed by atoms with E-state index in [2.05, 4.69) is 0 Å². The predicted octanol–water partition coefficient (Wildman–Crippen LogP) is 2.07. The summed E-state index contributed by atoms with van der Waals surface area (Å²) in [5.41, 5.74) is 2.69. The van der Waals surface area contributed by atoms with Gasteiger partial charge in [0.15, 0.2) is 13.2 Å². The molecular weight excluding hydrogens is 398 g/mol. The second-order valence-corrected chi connectivity index (χ2v) is 7.52. The van der Waals surface area contributed by atoms with Crippen molar-refractivity contribution in [2.75, 3.05) is 50.7 Å². The van der Waals surface area contributed by atoms with E-state index in [4.69, 9.17) is 9.47 Å². The lowest BCUT2D eigenvalue weighted by Crippen LogP contribution is -2.40. The highest BCUT2D eigenvalue weighted by Crippen LogP contribution is 2.31. The number of anilines is 2. The van der Waals surface area contributed by atoms with E-state index in [0.29, 0.717) is 18.0 Å². The maximum absolute atomic E-state index is 12.3. The van der Waals surface area contributed by atoms with Crippen molar-refractivity contribution in [3.8, 4) is 5.75 Å². The Kier molecular flexibility index (Phi) is 7.12. The Bertz CT molecular complexity index is 942. The van der Waals surface area contributed by atoms with Crippen molar-refractivity contribution in [2.45, 2.75) is 13.0 Å². The molecule has 1 aliphatic rings. The summed E-state index contributed by atoms with van der Waals surface area (Å²) in [7, 11) is 5.60. The first-order valence-corrected chi connectivity index (χ1v) is 10.0. The fraction of sp³-hybridized carbons (Fsp3) is 0.348. The number of benzene rings is 2. The van der Waals surface area contributed by atoms with Crippen molar-refractivity contribution in [3.05, 3.63) is 54.1 Å². The van der Waals surface area contributed by atoms with E-state index in [-0.39, 0.29) is 38.0 Å². The quantitative estimate of drug-likeness (QED) is 0.603. The summed E-state index contributed by atoms with van der Waals surface area (Å²) in [6, 6.07) is 15.0. The lowest BCUT2D eigenvalue weighted by molar-refractivity contribution is -0.151. The van der Waals surface area contributed by atoms with Crippen LogP contribution >= 0.6 is 0 Å². The second kappa shape index (κ2) is 9.97. The van der Waals surface area contributed by atoms with Gasteiger partial charge in [0, 0.05) is 39.9 Å². The van der Waals surface area contributed by atoms with Crippen LogP contribution < -0.4 is 14.5 Å². The predicted molar refractivity (Wildman–Crippen MR) is 117 cm³/mol. The van der Waals surface area contributed by atoms with E-state index in [1.165, 1.54) is 9.80 Å². The number of esters is 1. The van der Waals surface area contributed by atoms with E-state index in [1.807, 2.05) is 49.3 Å². The average Bonchev–Trinajstić information content (AvgIpc) is 2.77. The van der Waals surface area contributed by atoms with Crippen LogP contribution in [-0.4, -0.2) is 63.6 Å². The minimum absolute atomic E-state index is 0.0108. The van der Waals surface area contributed by atoms with Crippen molar-refractivity contribution in [3.63, 3.8) is 0 Å². The number of carbonyl (C=O) groups excluding carboxylic acids is 3. The Labute approximate surface area is 181 Å². The largest absolute Gasteiger partial charge is 0.482 e. The van der Waals surface area contributed by atoms with Crippen LogP contribution in [0.4, 0.5) is 11.4 Å². The van der Waals surface area contributed by atoms with Crippen LogP contribution in [0.15, 0.2) is 48.5 Å². The number of amides is 2. The van der Waals surface area contributed by atoms with Crippen LogP contribution in [0.5, 0.6) is 5.75 Å². The maximum Gasteiger partial charge on any atom is 0.308 e. The van der Waals surface area contributed by atoms with E-state index >= 15 is 0 Å². The van der Waals surface area contributed by atoms with E-state index in [0.717, 1.165) is 11.3 Å². The molecule has 8 heteroatoms. The molecule has 8 nitrogen and oxygen atoms in total. The molecule has 3 rings (SSSR count). The van der Waals surface area contributed by atoms with Gasteiger partial charge in [0.2, 0.25) is 0 Å². The molecule has 0 bridgehead atoms. The Hall–Kier alpha value is -3.55. The van der Waals surface area contributed by atoms with Gasteiger partial charge in [0.25, 0.3) is 11.8 Å². The molecule has 0 saturated heterocycles. The first-order valence-electron chi connectivity index (χ1n) is 10.0. The molecule has 0 aromatic heterocycles. The first-order chi connectivity index (χ1) is 14.8. The normalized spacial score (nSPS) is 12.6. The second-order valence-electron chi connectivity index (χ2n) is 7.52. The third-order valence-corrected chi connectivity index (χ3v) is 5.00. The molecule has 0 fully saturated rings. The molecule has 1 heterocycles. The Morgan fingerprint density at radius 1 is 1.06 bits per heavy atom. The van der Waals surface area contributed by atoms with Gasteiger partial charge in [-0.15, -0.1) is 0 Å². The molecule has 2 aromatic carbocycles. The van der Waals surface area contributed by atoms with Crippen molar-refractivity contribution in [2.24, 2.45) is 0 Å². The summed E-state index contributed by atoms with van der Waals surface area (Å²) in [6.45, 7) is 0.188. The monoisotopic (exact) mass is 425 g/mol. The van der Waals surface area contributed by atoms with E-state index < -0.39 is 5.97 Å². The van der Waals surface area contributed by atoms with Crippen LogP contribution in [-0.2, 0) is 25.7 Å². The highest BCUT2D eigenvalue weighted by Gasteiger charge is 2.25. The SMILES string of the molecule is CN(Cc1ccc(N(C)C)cc1)C(=O)COC(=O)CCN1C(=O)COc2ccccc21. The fourth-order valence-corrected chi connectivity index (χ4v) is 3.19. The standard InChI is InChI=1S/C23H27N3O5/c1-24(2)18-10-8-17(9-11-18)14-25(3)21(27)15-31-23(29)12-13-26-19-6-4-5-7-20(19)30-16-22(26)28/h4-11H,12-16H2,1-3H3. The third-order valence-electron chi connectivity index (χ3n) is 5.00. The molecule has 0 radical (unpaired) electrons. The number of fused-ring (bicyclic) bond motifs is 1. The topological polar surface area (TPSA) is 79.4 Å². The molecular formula is C23H27N3O5. The van der Waals surface area contributed by atoms with E-state index in [1.54, 1.807) is 25.2 Å². The van der Waals surface area contributed by atoms with Gasteiger partial charge < -0.3 is 24.2 Å². The third kappa shape index (κ3) is 5.75. The van der Waals surface area contributed by atoms with Crippen LogP contribution in [0.25, 0.3) is 0 Å². The number of rotatable bonds is 8. The highest BCUT2D eigenvalue weighted by molar-refractivity contribution is 5.98. The van der Waals surface area contributed by atoms with Gasteiger partial charge in [0.05, 0.1) is 12.1 Å². The van der Waals surface area contributed by atoms with Crippen LogP contribution in [0, 0.1) is 0 Å². The Morgan fingerprint density at radius 2 is 1.77 bits per heavy atom. The smallest absolute Gasteiger partial charge is 0.308 e. The van der Waals surface area contributed by atoms with Crippen molar-refractivity contribution < 1.29 is 23.9 Å². The number of hydrogen-bond donors (Lipinski definition) is 0. The molecule has 164 valence electrons. The number of hydrogen-bond acceptors (Lipinski definition) is 6. The lowest BCUT2D eigenvalue weighted by Gasteiger charge is -2.29. The zero-order valence-corrected chi connectivity index (χ0v) is 18.0. The van der Waals surface area contributed by atoms with Gasteiger partial charge in [-0.2, -0.15) is 0 Å². The zero-order chi connectivity index (χ0) is 22.4. The first kappa shape index (κ1) is 22.1. The molecule has 31 heavy (non-hydrogen) atoms. The molecule has 2 amide bonds. The Balaban J connectivity index is 1.45. The van der Waals surface area contributed by atoms with Crippen LogP contribution in [0.1, 0.15) is 12.0 Å². The summed E-state index contributed by atoms with van der Waals surface area (Å²) in [6.07, 6.45) is -0.0108. The van der Waals surface area contributed by atoms with Crippen molar-refractivity contribution in [1.82, 2.24) is 4.90 Å². The molecule has 0 atom stereocenters. The van der Waals surface area contributed by atoms with Gasteiger partial charge in [-0.25, -0.2) is 0 Å². The fourth-order valence-electron chi connectivity index (χ4n) is 3.19. The molecule has 2 aromatic rings.